The first-order chi connectivity index (χ1) is 9.45. The standard InChI is InChI=1S/C16H31N3S/c1-6-15(17)16(14-7-10-20-12-14)19(11-13(2)3)9-8-18(4)5/h7,10,12-13,15-16H,6,8-9,11,17H2,1-5H3. The number of nitrogens with zero attached hydrogens (tertiary/aromatic N) is 2. The van der Waals surface area contributed by atoms with Crippen molar-refractivity contribution < 1.29 is 0 Å². The van der Waals surface area contributed by atoms with Gasteiger partial charge in [-0.25, -0.2) is 0 Å². The Bertz CT molecular complexity index is 349. The van der Waals surface area contributed by atoms with E-state index in [4.69, 9.17) is 5.73 Å². The molecule has 20 heavy (non-hydrogen) atoms. The molecule has 0 saturated heterocycles. The Kier molecular flexibility index (Phi) is 7.74. The van der Waals surface area contributed by atoms with E-state index in [1.54, 1.807) is 11.3 Å². The highest BCUT2D eigenvalue weighted by atomic mass is 32.1. The van der Waals surface area contributed by atoms with Gasteiger partial charge in [-0.3, -0.25) is 4.90 Å². The lowest BCUT2D eigenvalue weighted by molar-refractivity contribution is 0.139. The summed E-state index contributed by atoms with van der Waals surface area (Å²) < 4.78 is 0. The Morgan fingerprint density at radius 1 is 1.25 bits per heavy atom. The molecular formula is C16H31N3S. The van der Waals surface area contributed by atoms with Crippen LogP contribution in [0.15, 0.2) is 16.8 Å². The first-order valence-corrected chi connectivity index (χ1v) is 8.56. The van der Waals surface area contributed by atoms with Crippen molar-refractivity contribution in [3.63, 3.8) is 0 Å². The molecule has 0 aliphatic heterocycles. The fourth-order valence-electron chi connectivity index (χ4n) is 2.54. The van der Waals surface area contributed by atoms with E-state index in [-0.39, 0.29) is 6.04 Å². The fourth-order valence-corrected chi connectivity index (χ4v) is 3.23. The third-order valence-corrected chi connectivity index (χ3v) is 4.29. The van der Waals surface area contributed by atoms with Gasteiger partial charge < -0.3 is 10.6 Å². The Balaban J connectivity index is 2.90. The molecule has 2 N–H and O–H groups in total. The lowest BCUT2D eigenvalue weighted by atomic mass is 9.97. The molecule has 0 saturated carbocycles. The van der Waals surface area contributed by atoms with Crippen molar-refractivity contribution in [3.05, 3.63) is 22.4 Å². The van der Waals surface area contributed by atoms with Crippen LogP contribution in [0.5, 0.6) is 0 Å². The van der Waals surface area contributed by atoms with Crippen molar-refractivity contribution in [1.82, 2.24) is 9.80 Å². The van der Waals surface area contributed by atoms with E-state index in [9.17, 15) is 0 Å². The monoisotopic (exact) mass is 297 g/mol. The Morgan fingerprint density at radius 3 is 2.40 bits per heavy atom. The maximum Gasteiger partial charge on any atom is 0.0507 e. The Morgan fingerprint density at radius 2 is 1.95 bits per heavy atom. The minimum absolute atomic E-state index is 0.200. The van der Waals surface area contributed by atoms with Gasteiger partial charge in [0.05, 0.1) is 6.04 Å². The molecule has 2 unspecified atom stereocenters. The summed E-state index contributed by atoms with van der Waals surface area (Å²) in [5.41, 5.74) is 7.82. The minimum Gasteiger partial charge on any atom is -0.326 e. The average molecular weight is 298 g/mol. The van der Waals surface area contributed by atoms with Crippen molar-refractivity contribution in [2.45, 2.75) is 39.3 Å². The second-order valence-corrected chi connectivity index (χ2v) is 7.05. The van der Waals surface area contributed by atoms with Crippen LogP contribution < -0.4 is 5.73 Å². The molecule has 1 heterocycles. The quantitative estimate of drug-likeness (QED) is 0.760. The van der Waals surface area contributed by atoms with Gasteiger partial charge in [0, 0.05) is 25.7 Å². The van der Waals surface area contributed by atoms with E-state index < -0.39 is 0 Å². The number of hydrogen-bond donors (Lipinski definition) is 1. The van der Waals surface area contributed by atoms with Crippen molar-refractivity contribution in [1.29, 1.82) is 0 Å². The van der Waals surface area contributed by atoms with E-state index in [0.717, 1.165) is 26.1 Å². The number of nitrogens with two attached hydrogens (primary N) is 1. The zero-order chi connectivity index (χ0) is 15.1. The van der Waals surface area contributed by atoms with Gasteiger partial charge in [-0.2, -0.15) is 11.3 Å². The van der Waals surface area contributed by atoms with Crippen LogP contribution in [0.25, 0.3) is 0 Å². The van der Waals surface area contributed by atoms with Crippen molar-refractivity contribution in [2.24, 2.45) is 11.7 Å². The van der Waals surface area contributed by atoms with Crippen LogP contribution in [0.3, 0.4) is 0 Å². The zero-order valence-electron chi connectivity index (χ0n) is 13.7. The number of thiophene rings is 1. The lowest BCUT2D eigenvalue weighted by Crippen LogP contribution is -2.44. The summed E-state index contributed by atoms with van der Waals surface area (Å²) in [6.45, 7) is 9.99. The third-order valence-electron chi connectivity index (χ3n) is 3.59. The summed E-state index contributed by atoms with van der Waals surface area (Å²) in [6, 6.07) is 2.77. The topological polar surface area (TPSA) is 32.5 Å². The maximum atomic E-state index is 6.44. The maximum absolute atomic E-state index is 6.44. The predicted molar refractivity (Wildman–Crippen MR) is 90.3 cm³/mol. The second kappa shape index (κ2) is 8.78. The van der Waals surface area contributed by atoms with Gasteiger partial charge in [-0.15, -0.1) is 0 Å². The molecule has 0 bridgehead atoms. The van der Waals surface area contributed by atoms with Crippen LogP contribution in [0, 0.1) is 5.92 Å². The van der Waals surface area contributed by atoms with Crippen molar-refractivity contribution >= 4 is 11.3 Å². The van der Waals surface area contributed by atoms with Crippen LogP contribution in [0.2, 0.25) is 0 Å². The van der Waals surface area contributed by atoms with Crippen molar-refractivity contribution in [3.8, 4) is 0 Å². The van der Waals surface area contributed by atoms with E-state index >= 15 is 0 Å². The molecule has 0 fully saturated rings. The molecule has 0 radical (unpaired) electrons. The van der Waals surface area contributed by atoms with E-state index in [2.05, 4.69) is 61.5 Å². The summed E-state index contributed by atoms with van der Waals surface area (Å²) in [7, 11) is 4.26. The molecule has 116 valence electrons. The number of rotatable bonds is 9. The summed E-state index contributed by atoms with van der Waals surface area (Å²) >= 11 is 1.76. The van der Waals surface area contributed by atoms with Gasteiger partial charge >= 0.3 is 0 Å². The molecule has 0 spiro atoms. The average Bonchev–Trinajstić information content (AvgIpc) is 2.88. The molecule has 3 nitrogen and oxygen atoms in total. The molecule has 2 atom stereocenters. The highest BCUT2D eigenvalue weighted by Gasteiger charge is 2.26. The minimum atomic E-state index is 0.200. The van der Waals surface area contributed by atoms with Crippen LogP contribution in [-0.2, 0) is 0 Å². The summed E-state index contributed by atoms with van der Waals surface area (Å²) in [5.74, 6) is 0.655. The van der Waals surface area contributed by atoms with Gasteiger partial charge in [0.2, 0.25) is 0 Å². The number of hydrogen-bond acceptors (Lipinski definition) is 4. The fraction of sp³-hybridized carbons (Fsp3) is 0.750. The highest BCUT2D eigenvalue weighted by molar-refractivity contribution is 7.07. The van der Waals surface area contributed by atoms with Gasteiger partial charge in [0.1, 0.15) is 0 Å². The summed E-state index contributed by atoms with van der Waals surface area (Å²) in [5, 5.41) is 4.41. The second-order valence-electron chi connectivity index (χ2n) is 6.27. The molecule has 0 aliphatic rings. The summed E-state index contributed by atoms with van der Waals surface area (Å²) in [6.07, 6.45) is 1.01. The van der Waals surface area contributed by atoms with Crippen LogP contribution in [0.4, 0.5) is 0 Å². The first-order valence-electron chi connectivity index (χ1n) is 7.62. The largest absolute Gasteiger partial charge is 0.326 e. The van der Waals surface area contributed by atoms with Gasteiger partial charge in [-0.1, -0.05) is 20.8 Å². The van der Waals surface area contributed by atoms with Crippen LogP contribution >= 0.6 is 11.3 Å². The lowest BCUT2D eigenvalue weighted by Gasteiger charge is -2.37. The van der Waals surface area contributed by atoms with E-state index in [1.165, 1.54) is 5.56 Å². The molecule has 1 aromatic rings. The zero-order valence-corrected chi connectivity index (χ0v) is 14.5. The molecule has 0 aromatic carbocycles. The molecule has 1 rings (SSSR count). The third kappa shape index (κ3) is 5.52. The normalized spacial score (nSPS) is 15.2. The smallest absolute Gasteiger partial charge is 0.0507 e. The van der Waals surface area contributed by atoms with E-state index in [0.29, 0.717) is 12.0 Å². The van der Waals surface area contributed by atoms with Crippen LogP contribution in [-0.4, -0.2) is 49.6 Å². The van der Waals surface area contributed by atoms with Gasteiger partial charge in [-0.05, 0) is 48.8 Å². The molecule has 0 aliphatic carbocycles. The summed E-state index contributed by atoms with van der Waals surface area (Å²) in [4.78, 5) is 4.82. The Labute approximate surface area is 128 Å². The van der Waals surface area contributed by atoms with Crippen molar-refractivity contribution in [2.75, 3.05) is 33.7 Å². The predicted octanol–water partition coefficient (Wildman–Crippen LogP) is 3.05. The molecule has 0 amide bonds. The SMILES string of the molecule is CCC(N)C(c1ccsc1)N(CCN(C)C)CC(C)C. The molecular weight excluding hydrogens is 266 g/mol. The van der Waals surface area contributed by atoms with Gasteiger partial charge in [0.25, 0.3) is 0 Å². The van der Waals surface area contributed by atoms with Gasteiger partial charge in [0.15, 0.2) is 0 Å². The highest BCUT2D eigenvalue weighted by Crippen LogP contribution is 2.27. The van der Waals surface area contributed by atoms with E-state index in [1.807, 2.05) is 0 Å². The number of likely N-dealkylation sites (N-methyl/N-ethyl adjacent to an activating group) is 1. The Hall–Kier alpha value is -0.420. The molecule has 1 aromatic heterocycles. The molecule has 4 heteroatoms. The van der Waals surface area contributed by atoms with Crippen LogP contribution in [0.1, 0.15) is 38.8 Å². The first kappa shape index (κ1) is 17.6.